The highest BCUT2D eigenvalue weighted by molar-refractivity contribution is 7.16. The molecule has 7 nitrogen and oxygen atoms in total. The van der Waals surface area contributed by atoms with E-state index >= 15 is 0 Å². The second-order valence-electron chi connectivity index (χ2n) is 4.34. The van der Waals surface area contributed by atoms with Gasteiger partial charge in [0, 0.05) is 6.54 Å². The van der Waals surface area contributed by atoms with E-state index in [0.29, 0.717) is 22.5 Å². The number of nitrogens with one attached hydrogen (secondary N) is 3. The molecule has 0 spiro atoms. The molecule has 2 aromatic rings. The van der Waals surface area contributed by atoms with Gasteiger partial charge in [-0.2, -0.15) is 5.26 Å². The van der Waals surface area contributed by atoms with Crippen LogP contribution in [0.5, 0.6) is 0 Å². The van der Waals surface area contributed by atoms with Gasteiger partial charge in [-0.3, -0.25) is 10.1 Å². The van der Waals surface area contributed by atoms with E-state index in [4.69, 9.17) is 5.26 Å². The Balaban J connectivity index is 1.93. The van der Waals surface area contributed by atoms with Crippen LogP contribution in [0.25, 0.3) is 0 Å². The minimum absolute atomic E-state index is 0.107. The number of carbonyl (C=O) groups is 2. The van der Waals surface area contributed by atoms with Crippen molar-refractivity contribution < 1.29 is 14.0 Å². The molecule has 9 heteroatoms. The summed E-state index contributed by atoms with van der Waals surface area (Å²) in [6, 6.07) is 7.30. The van der Waals surface area contributed by atoms with Crippen LogP contribution in [-0.4, -0.2) is 17.4 Å². The van der Waals surface area contributed by atoms with Crippen molar-refractivity contribution >= 4 is 28.9 Å². The molecule has 0 bridgehead atoms. The largest absolute Gasteiger partial charge is 0.353 e. The lowest BCUT2D eigenvalue weighted by molar-refractivity contribution is -0.109. The van der Waals surface area contributed by atoms with Crippen LogP contribution in [-0.2, 0) is 17.9 Å². The van der Waals surface area contributed by atoms with Crippen LogP contribution in [0.4, 0.5) is 14.3 Å². The fraction of sp³-hybridized carbons (Fsp3) is 0.143. The molecular formula is C14H12FN5O2S. The maximum absolute atomic E-state index is 13.0. The molecule has 0 aliphatic rings. The highest BCUT2D eigenvalue weighted by Gasteiger charge is 2.12. The fourth-order valence-corrected chi connectivity index (χ4v) is 2.50. The number of hydrogen-bond acceptors (Lipinski definition) is 5. The Bertz CT molecular complexity index is 756. The van der Waals surface area contributed by atoms with Gasteiger partial charge in [0.2, 0.25) is 6.41 Å². The first kappa shape index (κ1) is 16.4. The van der Waals surface area contributed by atoms with Gasteiger partial charge in [-0.1, -0.05) is 23.5 Å². The number of hydrogen-bond donors (Lipinski definition) is 3. The van der Waals surface area contributed by atoms with Crippen LogP contribution in [0.2, 0.25) is 0 Å². The van der Waals surface area contributed by atoms with Crippen molar-refractivity contribution in [2.75, 3.05) is 5.32 Å². The Morgan fingerprint density at radius 1 is 1.43 bits per heavy atom. The van der Waals surface area contributed by atoms with E-state index < -0.39 is 6.03 Å². The summed E-state index contributed by atoms with van der Waals surface area (Å²) in [6.07, 6.45) is 0.499. The molecule has 3 amide bonds. The minimum atomic E-state index is -0.526. The first-order valence-corrected chi connectivity index (χ1v) is 7.30. The van der Waals surface area contributed by atoms with Gasteiger partial charge in [0.25, 0.3) is 0 Å². The lowest BCUT2D eigenvalue weighted by Crippen LogP contribution is -2.28. The van der Waals surface area contributed by atoms with Crippen LogP contribution in [0, 0.1) is 17.1 Å². The number of anilines is 1. The van der Waals surface area contributed by atoms with Gasteiger partial charge in [-0.25, -0.2) is 14.2 Å². The average molecular weight is 333 g/mol. The number of amides is 3. The second kappa shape index (κ2) is 7.86. The van der Waals surface area contributed by atoms with Crippen LogP contribution in [0.3, 0.4) is 0 Å². The predicted octanol–water partition coefficient (Wildman–Crippen LogP) is 1.72. The molecule has 0 aliphatic carbocycles. The summed E-state index contributed by atoms with van der Waals surface area (Å²) in [5.41, 5.74) is 0.998. The number of carbonyl (C=O) groups excluding carboxylic acids is 2. The molecule has 1 heterocycles. The normalized spacial score (nSPS) is 9.74. The molecule has 0 atom stereocenters. The van der Waals surface area contributed by atoms with Gasteiger partial charge >= 0.3 is 6.03 Å². The van der Waals surface area contributed by atoms with Crippen LogP contribution in [0.1, 0.15) is 16.1 Å². The molecule has 0 radical (unpaired) electrons. The number of urea groups is 1. The van der Waals surface area contributed by atoms with E-state index in [1.54, 1.807) is 12.1 Å². The third kappa shape index (κ3) is 4.76. The zero-order chi connectivity index (χ0) is 16.7. The van der Waals surface area contributed by atoms with Crippen molar-refractivity contribution in [2.24, 2.45) is 0 Å². The second-order valence-corrected chi connectivity index (χ2v) is 5.34. The summed E-state index contributed by atoms with van der Waals surface area (Å²) in [5, 5.41) is 16.7. The first-order chi connectivity index (χ1) is 11.1. The SMILES string of the molecule is N#Cc1sc(NC(=O)NCc2cccc(F)c2)nc1CNC=O. The van der Waals surface area contributed by atoms with E-state index in [2.05, 4.69) is 20.9 Å². The maximum atomic E-state index is 13.0. The van der Waals surface area contributed by atoms with Gasteiger partial charge < -0.3 is 10.6 Å². The fourth-order valence-electron chi connectivity index (χ4n) is 1.72. The first-order valence-electron chi connectivity index (χ1n) is 6.48. The quantitative estimate of drug-likeness (QED) is 0.700. The molecule has 1 aromatic carbocycles. The van der Waals surface area contributed by atoms with E-state index in [1.807, 2.05) is 6.07 Å². The van der Waals surface area contributed by atoms with Crippen molar-refractivity contribution in [1.29, 1.82) is 5.26 Å². The van der Waals surface area contributed by atoms with E-state index in [0.717, 1.165) is 11.3 Å². The monoisotopic (exact) mass is 333 g/mol. The van der Waals surface area contributed by atoms with E-state index in [9.17, 15) is 14.0 Å². The molecule has 0 aliphatic heterocycles. The van der Waals surface area contributed by atoms with Gasteiger partial charge in [-0.15, -0.1) is 0 Å². The average Bonchev–Trinajstić information content (AvgIpc) is 2.92. The van der Waals surface area contributed by atoms with Crippen molar-refractivity contribution in [3.05, 3.63) is 46.2 Å². The molecule has 1 aromatic heterocycles. The molecule has 0 fully saturated rings. The summed E-state index contributed by atoms with van der Waals surface area (Å²) in [7, 11) is 0. The number of nitrogens with zero attached hydrogens (tertiary/aromatic N) is 2. The van der Waals surface area contributed by atoms with Gasteiger partial charge in [0.15, 0.2) is 5.13 Å². The minimum Gasteiger partial charge on any atom is -0.353 e. The standard InChI is InChI=1S/C14H12FN5O2S/c15-10-3-1-2-9(4-10)6-18-13(22)20-14-19-11(7-17-8-21)12(5-16)23-14/h1-4,8H,6-7H2,(H,17,21)(H2,18,19,20,22). The lowest BCUT2D eigenvalue weighted by atomic mass is 10.2. The highest BCUT2D eigenvalue weighted by atomic mass is 32.1. The number of benzene rings is 1. The summed E-state index contributed by atoms with van der Waals surface area (Å²) in [5.74, 6) is -0.379. The van der Waals surface area contributed by atoms with Crippen LogP contribution >= 0.6 is 11.3 Å². The van der Waals surface area contributed by atoms with E-state index in [1.165, 1.54) is 12.1 Å². The molecule has 3 N–H and O–H groups in total. The summed E-state index contributed by atoms with van der Waals surface area (Å²) < 4.78 is 13.0. The summed E-state index contributed by atoms with van der Waals surface area (Å²) in [6.45, 7) is 0.259. The Kier molecular flexibility index (Phi) is 5.60. The molecule has 118 valence electrons. The number of rotatable bonds is 6. The molecule has 0 saturated carbocycles. The molecule has 0 saturated heterocycles. The predicted molar refractivity (Wildman–Crippen MR) is 82.0 cm³/mol. The topological polar surface area (TPSA) is 107 Å². The molecule has 0 unspecified atom stereocenters. The Morgan fingerprint density at radius 2 is 2.26 bits per heavy atom. The lowest BCUT2D eigenvalue weighted by Gasteiger charge is -2.05. The van der Waals surface area contributed by atoms with Crippen molar-refractivity contribution in [1.82, 2.24) is 15.6 Å². The highest BCUT2D eigenvalue weighted by Crippen LogP contribution is 2.22. The Hall–Kier alpha value is -2.99. The Labute approximate surface area is 135 Å². The molecule has 23 heavy (non-hydrogen) atoms. The van der Waals surface area contributed by atoms with Gasteiger partial charge in [-0.05, 0) is 17.7 Å². The van der Waals surface area contributed by atoms with Crippen LogP contribution in [0.15, 0.2) is 24.3 Å². The maximum Gasteiger partial charge on any atom is 0.321 e. The number of aromatic nitrogens is 1. The van der Waals surface area contributed by atoms with E-state index in [-0.39, 0.29) is 24.0 Å². The molecular weight excluding hydrogens is 321 g/mol. The third-order valence-electron chi connectivity index (χ3n) is 2.71. The summed E-state index contributed by atoms with van der Waals surface area (Å²) in [4.78, 5) is 26.4. The Morgan fingerprint density at radius 3 is 2.96 bits per heavy atom. The van der Waals surface area contributed by atoms with Gasteiger partial charge in [0.1, 0.15) is 16.8 Å². The van der Waals surface area contributed by atoms with Crippen molar-refractivity contribution in [3.63, 3.8) is 0 Å². The number of halogens is 1. The van der Waals surface area contributed by atoms with Crippen molar-refractivity contribution in [2.45, 2.75) is 13.1 Å². The molecule has 2 rings (SSSR count). The zero-order valence-electron chi connectivity index (χ0n) is 11.8. The van der Waals surface area contributed by atoms with Gasteiger partial charge in [0.05, 0.1) is 12.2 Å². The summed E-state index contributed by atoms with van der Waals surface area (Å²) >= 11 is 1.00. The van der Waals surface area contributed by atoms with Crippen LogP contribution < -0.4 is 16.0 Å². The number of nitriles is 1. The smallest absolute Gasteiger partial charge is 0.321 e. The third-order valence-corrected chi connectivity index (χ3v) is 3.63. The number of thiazole rings is 1. The van der Waals surface area contributed by atoms with Crippen molar-refractivity contribution in [3.8, 4) is 6.07 Å². The zero-order valence-corrected chi connectivity index (χ0v) is 12.6.